The number of pyridine rings is 1. The predicted molar refractivity (Wildman–Crippen MR) is 104 cm³/mol. The van der Waals surface area contributed by atoms with E-state index in [0.717, 1.165) is 16.6 Å². The zero-order valence-electron chi connectivity index (χ0n) is 15.2. The molecule has 4 rings (SSSR count). The van der Waals surface area contributed by atoms with Crippen LogP contribution in [0.2, 0.25) is 0 Å². The SMILES string of the molecule is CC(C)n1c(C(=O)NCc2ccncc2)cc2c1c1ccccc1n2C. The summed E-state index contributed by atoms with van der Waals surface area (Å²) in [7, 11) is 2.05. The molecule has 26 heavy (non-hydrogen) atoms. The molecule has 0 atom stereocenters. The molecule has 0 saturated heterocycles. The van der Waals surface area contributed by atoms with Gasteiger partial charge < -0.3 is 14.5 Å². The van der Waals surface area contributed by atoms with Crippen LogP contribution in [0.15, 0.2) is 54.9 Å². The van der Waals surface area contributed by atoms with Crippen LogP contribution in [0.1, 0.15) is 35.9 Å². The van der Waals surface area contributed by atoms with E-state index in [1.54, 1.807) is 12.4 Å². The number of amides is 1. The minimum atomic E-state index is -0.0595. The zero-order valence-corrected chi connectivity index (χ0v) is 15.2. The average molecular weight is 346 g/mol. The molecule has 4 aromatic rings. The number of carbonyl (C=O) groups excluding carboxylic acids is 1. The number of nitrogens with one attached hydrogen (secondary N) is 1. The summed E-state index contributed by atoms with van der Waals surface area (Å²) >= 11 is 0. The van der Waals surface area contributed by atoms with E-state index < -0.39 is 0 Å². The Balaban J connectivity index is 1.78. The van der Waals surface area contributed by atoms with E-state index in [2.05, 4.69) is 45.4 Å². The molecule has 3 aromatic heterocycles. The Bertz CT molecular complexity index is 1090. The zero-order chi connectivity index (χ0) is 18.3. The van der Waals surface area contributed by atoms with Crippen molar-refractivity contribution in [2.75, 3.05) is 0 Å². The van der Waals surface area contributed by atoms with Gasteiger partial charge in [-0.3, -0.25) is 9.78 Å². The minimum Gasteiger partial charge on any atom is -0.347 e. The number of benzene rings is 1. The number of nitrogens with zero attached hydrogens (tertiary/aromatic N) is 3. The van der Waals surface area contributed by atoms with Crippen LogP contribution in [-0.2, 0) is 13.6 Å². The lowest BCUT2D eigenvalue weighted by Crippen LogP contribution is -2.26. The molecule has 1 amide bonds. The number of para-hydroxylation sites is 1. The summed E-state index contributed by atoms with van der Waals surface area (Å²) in [6.45, 7) is 4.71. The van der Waals surface area contributed by atoms with Gasteiger partial charge in [-0.2, -0.15) is 0 Å². The Morgan fingerprint density at radius 2 is 1.85 bits per heavy atom. The quantitative estimate of drug-likeness (QED) is 0.606. The van der Waals surface area contributed by atoms with Gasteiger partial charge >= 0.3 is 0 Å². The molecule has 0 aliphatic heterocycles. The van der Waals surface area contributed by atoms with Gasteiger partial charge in [0.05, 0.1) is 16.6 Å². The molecule has 0 bridgehead atoms. The number of aromatic nitrogens is 3. The Morgan fingerprint density at radius 3 is 2.58 bits per heavy atom. The lowest BCUT2D eigenvalue weighted by molar-refractivity contribution is 0.0940. The van der Waals surface area contributed by atoms with Crippen LogP contribution in [0.25, 0.3) is 21.9 Å². The van der Waals surface area contributed by atoms with Crippen LogP contribution in [-0.4, -0.2) is 20.0 Å². The molecule has 5 heteroatoms. The molecule has 1 aromatic carbocycles. The van der Waals surface area contributed by atoms with E-state index in [1.165, 1.54) is 10.9 Å². The first-order valence-corrected chi connectivity index (χ1v) is 8.83. The van der Waals surface area contributed by atoms with Crippen molar-refractivity contribution in [2.45, 2.75) is 26.4 Å². The fraction of sp³-hybridized carbons (Fsp3) is 0.238. The normalized spacial score (nSPS) is 11.5. The topological polar surface area (TPSA) is 51.9 Å². The first-order chi connectivity index (χ1) is 12.6. The van der Waals surface area contributed by atoms with E-state index in [4.69, 9.17) is 0 Å². The maximum Gasteiger partial charge on any atom is 0.268 e. The highest BCUT2D eigenvalue weighted by Crippen LogP contribution is 2.33. The minimum absolute atomic E-state index is 0.0595. The Labute approximate surface area is 152 Å². The van der Waals surface area contributed by atoms with Crippen LogP contribution < -0.4 is 5.32 Å². The highest BCUT2D eigenvalue weighted by Gasteiger charge is 2.22. The van der Waals surface area contributed by atoms with Crippen molar-refractivity contribution in [3.8, 4) is 0 Å². The first-order valence-electron chi connectivity index (χ1n) is 8.83. The molecule has 0 aliphatic carbocycles. The third-order valence-corrected chi connectivity index (χ3v) is 4.85. The van der Waals surface area contributed by atoms with Crippen molar-refractivity contribution >= 4 is 27.8 Å². The van der Waals surface area contributed by atoms with Gasteiger partial charge in [0.1, 0.15) is 5.69 Å². The van der Waals surface area contributed by atoms with Gasteiger partial charge in [-0.25, -0.2) is 0 Å². The molecule has 0 radical (unpaired) electrons. The number of hydrogen-bond acceptors (Lipinski definition) is 2. The second-order valence-corrected chi connectivity index (χ2v) is 6.84. The number of hydrogen-bond donors (Lipinski definition) is 1. The molecule has 1 N–H and O–H groups in total. The van der Waals surface area contributed by atoms with Crippen molar-refractivity contribution in [2.24, 2.45) is 7.05 Å². The first kappa shape index (κ1) is 16.4. The Hall–Kier alpha value is -3.08. The maximum absolute atomic E-state index is 12.9. The fourth-order valence-electron chi connectivity index (χ4n) is 3.62. The third kappa shape index (κ3) is 2.56. The van der Waals surface area contributed by atoms with Crippen LogP contribution in [0.5, 0.6) is 0 Å². The second-order valence-electron chi connectivity index (χ2n) is 6.84. The van der Waals surface area contributed by atoms with Gasteiger partial charge in [-0.05, 0) is 43.7 Å². The lowest BCUT2D eigenvalue weighted by atomic mass is 10.2. The summed E-state index contributed by atoms with van der Waals surface area (Å²) in [5.74, 6) is -0.0595. The number of rotatable bonds is 4. The highest BCUT2D eigenvalue weighted by molar-refractivity contribution is 6.10. The molecule has 0 saturated carbocycles. The molecule has 0 unspecified atom stereocenters. The van der Waals surface area contributed by atoms with E-state index in [1.807, 2.05) is 37.4 Å². The monoisotopic (exact) mass is 346 g/mol. The largest absolute Gasteiger partial charge is 0.347 e. The standard InChI is InChI=1S/C21H22N4O/c1-14(2)25-19(21(26)23-13-15-8-10-22-11-9-15)12-18-20(25)16-6-4-5-7-17(16)24(18)3/h4-12,14H,13H2,1-3H3,(H,23,26). The van der Waals surface area contributed by atoms with Gasteiger partial charge in [0, 0.05) is 37.4 Å². The second kappa shape index (κ2) is 6.33. The van der Waals surface area contributed by atoms with Gasteiger partial charge in [-0.1, -0.05) is 18.2 Å². The molecule has 5 nitrogen and oxygen atoms in total. The molecule has 3 heterocycles. The maximum atomic E-state index is 12.9. The fourth-order valence-corrected chi connectivity index (χ4v) is 3.62. The number of carbonyl (C=O) groups is 1. The molecular weight excluding hydrogens is 324 g/mol. The van der Waals surface area contributed by atoms with E-state index in [-0.39, 0.29) is 11.9 Å². The van der Waals surface area contributed by atoms with E-state index >= 15 is 0 Å². The van der Waals surface area contributed by atoms with Crippen molar-refractivity contribution < 1.29 is 4.79 Å². The summed E-state index contributed by atoms with van der Waals surface area (Å²) in [5, 5.41) is 4.21. The summed E-state index contributed by atoms with van der Waals surface area (Å²) in [6, 6.07) is 14.3. The Morgan fingerprint density at radius 1 is 1.12 bits per heavy atom. The van der Waals surface area contributed by atoms with Gasteiger partial charge in [0.2, 0.25) is 0 Å². The number of fused-ring (bicyclic) bond motifs is 3. The van der Waals surface area contributed by atoms with Crippen molar-refractivity contribution in [1.82, 2.24) is 19.4 Å². The molecule has 0 aliphatic rings. The van der Waals surface area contributed by atoms with Gasteiger partial charge in [0.25, 0.3) is 5.91 Å². The van der Waals surface area contributed by atoms with Gasteiger partial charge in [0.15, 0.2) is 0 Å². The van der Waals surface area contributed by atoms with Crippen LogP contribution in [0.4, 0.5) is 0 Å². The van der Waals surface area contributed by atoms with Crippen LogP contribution in [0, 0.1) is 0 Å². The number of aryl methyl sites for hydroxylation is 1. The van der Waals surface area contributed by atoms with E-state index in [0.29, 0.717) is 12.2 Å². The van der Waals surface area contributed by atoms with Crippen LogP contribution >= 0.6 is 0 Å². The lowest BCUT2D eigenvalue weighted by Gasteiger charge is -2.14. The average Bonchev–Trinajstić information content (AvgIpc) is 3.18. The summed E-state index contributed by atoms with van der Waals surface area (Å²) in [6.07, 6.45) is 3.47. The summed E-state index contributed by atoms with van der Waals surface area (Å²) < 4.78 is 4.29. The summed E-state index contributed by atoms with van der Waals surface area (Å²) in [5.41, 5.74) is 5.10. The Kier molecular flexibility index (Phi) is 3.99. The molecule has 132 valence electrons. The summed E-state index contributed by atoms with van der Waals surface area (Å²) in [4.78, 5) is 16.9. The van der Waals surface area contributed by atoms with Crippen LogP contribution in [0.3, 0.4) is 0 Å². The van der Waals surface area contributed by atoms with E-state index in [9.17, 15) is 4.79 Å². The third-order valence-electron chi connectivity index (χ3n) is 4.85. The predicted octanol–water partition coefficient (Wildman–Crippen LogP) is 4.04. The highest BCUT2D eigenvalue weighted by atomic mass is 16.1. The molecule has 0 spiro atoms. The van der Waals surface area contributed by atoms with Crippen molar-refractivity contribution in [3.63, 3.8) is 0 Å². The molecular formula is C21H22N4O. The van der Waals surface area contributed by atoms with Gasteiger partial charge in [-0.15, -0.1) is 0 Å². The molecule has 0 fully saturated rings. The van der Waals surface area contributed by atoms with Crippen molar-refractivity contribution in [3.05, 3.63) is 66.1 Å². The smallest absolute Gasteiger partial charge is 0.268 e. The van der Waals surface area contributed by atoms with Crippen molar-refractivity contribution in [1.29, 1.82) is 0 Å².